The minimum absolute atomic E-state index is 0.360. The molecule has 2 aliphatic carbocycles. The van der Waals surface area contributed by atoms with Crippen LogP contribution in [0.5, 0.6) is 0 Å². The minimum Gasteiger partial charge on any atom is -0.513 e. The van der Waals surface area contributed by atoms with E-state index in [0.717, 1.165) is 12.3 Å². The second-order valence-corrected chi connectivity index (χ2v) is 7.50. The van der Waals surface area contributed by atoms with Gasteiger partial charge in [0.1, 0.15) is 0 Å². The van der Waals surface area contributed by atoms with Gasteiger partial charge in [-0.1, -0.05) is 56.5 Å². The lowest BCUT2D eigenvalue weighted by Crippen LogP contribution is -2.15. The zero-order chi connectivity index (χ0) is 15.4. The Bertz CT molecular complexity index is 481. The Morgan fingerprint density at radius 1 is 0.864 bits per heavy atom. The first kappa shape index (κ1) is 15.6. The van der Waals surface area contributed by atoms with Crippen molar-refractivity contribution in [2.24, 2.45) is 5.92 Å². The molecule has 1 aromatic carbocycles. The molecule has 0 spiro atoms. The van der Waals surface area contributed by atoms with Gasteiger partial charge in [-0.25, -0.2) is 0 Å². The number of aliphatic hydroxyl groups is 1. The fourth-order valence-corrected chi connectivity index (χ4v) is 4.59. The van der Waals surface area contributed by atoms with Gasteiger partial charge >= 0.3 is 0 Å². The Morgan fingerprint density at radius 2 is 1.45 bits per heavy atom. The molecule has 2 unspecified atom stereocenters. The number of allylic oxidation sites excluding steroid dienone is 1. The summed E-state index contributed by atoms with van der Waals surface area (Å²) in [5.74, 6) is 2.46. The van der Waals surface area contributed by atoms with Crippen LogP contribution in [-0.4, -0.2) is 5.11 Å². The fourth-order valence-electron chi connectivity index (χ4n) is 4.59. The summed E-state index contributed by atoms with van der Waals surface area (Å²) in [7, 11) is 0. The third-order valence-corrected chi connectivity index (χ3v) is 5.79. The molecule has 2 fully saturated rings. The Balaban J connectivity index is 1.63. The Hall–Kier alpha value is -1.24. The maximum absolute atomic E-state index is 9.45. The Labute approximate surface area is 135 Å². The van der Waals surface area contributed by atoms with Gasteiger partial charge in [0.15, 0.2) is 0 Å². The Kier molecular flexibility index (Phi) is 5.23. The fraction of sp³-hybridized carbons (Fsp3) is 0.619. The molecule has 0 aliphatic heterocycles. The van der Waals surface area contributed by atoms with Crippen molar-refractivity contribution >= 4 is 0 Å². The second-order valence-electron chi connectivity index (χ2n) is 7.50. The van der Waals surface area contributed by atoms with Gasteiger partial charge in [0, 0.05) is 6.42 Å². The van der Waals surface area contributed by atoms with Gasteiger partial charge in [-0.05, 0) is 61.0 Å². The van der Waals surface area contributed by atoms with Crippen LogP contribution in [0.15, 0.2) is 36.6 Å². The molecule has 0 bridgehead atoms. The van der Waals surface area contributed by atoms with Gasteiger partial charge in [-0.15, -0.1) is 0 Å². The molecule has 120 valence electrons. The highest BCUT2D eigenvalue weighted by atomic mass is 16.3. The molecule has 0 heterocycles. The quantitative estimate of drug-likeness (QED) is 0.631. The number of aliphatic hydroxyl groups excluding tert-OH is 1. The molecule has 1 aromatic rings. The van der Waals surface area contributed by atoms with Crippen LogP contribution in [0.4, 0.5) is 0 Å². The topological polar surface area (TPSA) is 20.2 Å². The first-order valence-corrected chi connectivity index (χ1v) is 9.19. The first-order chi connectivity index (χ1) is 10.7. The summed E-state index contributed by atoms with van der Waals surface area (Å²) in [5, 5.41) is 9.45. The van der Waals surface area contributed by atoms with Gasteiger partial charge in [-0.3, -0.25) is 0 Å². The van der Waals surface area contributed by atoms with E-state index in [1.165, 1.54) is 63.4 Å². The van der Waals surface area contributed by atoms with Crippen LogP contribution < -0.4 is 0 Å². The molecule has 1 heteroatoms. The monoisotopic (exact) mass is 298 g/mol. The molecule has 2 atom stereocenters. The van der Waals surface area contributed by atoms with E-state index in [1.54, 1.807) is 5.56 Å². The smallest absolute Gasteiger partial charge is 0.0853 e. The van der Waals surface area contributed by atoms with Crippen molar-refractivity contribution in [2.75, 3.05) is 0 Å². The molecule has 0 amide bonds. The van der Waals surface area contributed by atoms with Crippen molar-refractivity contribution in [3.63, 3.8) is 0 Å². The number of hydrogen-bond acceptors (Lipinski definition) is 1. The third kappa shape index (κ3) is 3.94. The van der Waals surface area contributed by atoms with Gasteiger partial charge in [0.2, 0.25) is 0 Å². The molecule has 0 saturated heterocycles. The SMILES string of the molecule is C=C(O)CC1CCCC(c2ccc(C3CCCCC3)cc2)C1. The summed E-state index contributed by atoms with van der Waals surface area (Å²) in [6, 6.07) is 9.54. The number of benzene rings is 1. The van der Waals surface area contributed by atoms with E-state index in [0.29, 0.717) is 17.6 Å². The van der Waals surface area contributed by atoms with Gasteiger partial charge in [-0.2, -0.15) is 0 Å². The lowest BCUT2D eigenvalue weighted by Gasteiger charge is -2.29. The molecular weight excluding hydrogens is 268 g/mol. The van der Waals surface area contributed by atoms with Crippen molar-refractivity contribution in [1.82, 2.24) is 0 Å². The lowest BCUT2D eigenvalue weighted by molar-refractivity contribution is 0.278. The Morgan fingerprint density at radius 3 is 2.09 bits per heavy atom. The van der Waals surface area contributed by atoms with E-state index in [2.05, 4.69) is 30.8 Å². The number of rotatable bonds is 4. The van der Waals surface area contributed by atoms with Crippen LogP contribution in [0.1, 0.15) is 87.2 Å². The summed E-state index contributed by atoms with van der Waals surface area (Å²) >= 11 is 0. The van der Waals surface area contributed by atoms with Crippen molar-refractivity contribution in [1.29, 1.82) is 0 Å². The van der Waals surface area contributed by atoms with E-state index < -0.39 is 0 Å². The van der Waals surface area contributed by atoms with E-state index in [1.807, 2.05) is 0 Å². The van der Waals surface area contributed by atoms with E-state index in [-0.39, 0.29) is 0 Å². The highest BCUT2D eigenvalue weighted by Crippen LogP contribution is 2.39. The van der Waals surface area contributed by atoms with Crippen molar-refractivity contribution in [2.45, 2.75) is 76.0 Å². The van der Waals surface area contributed by atoms with Crippen LogP contribution >= 0.6 is 0 Å². The van der Waals surface area contributed by atoms with Crippen molar-refractivity contribution < 1.29 is 5.11 Å². The molecule has 2 saturated carbocycles. The maximum Gasteiger partial charge on any atom is 0.0853 e. The lowest BCUT2D eigenvalue weighted by atomic mass is 9.76. The minimum atomic E-state index is 0.360. The first-order valence-electron chi connectivity index (χ1n) is 9.19. The summed E-state index contributed by atoms with van der Waals surface area (Å²) in [5.41, 5.74) is 3.06. The molecule has 2 aliphatic rings. The van der Waals surface area contributed by atoms with Crippen molar-refractivity contribution in [3.05, 3.63) is 47.7 Å². The van der Waals surface area contributed by atoms with Gasteiger partial charge in [0.25, 0.3) is 0 Å². The maximum atomic E-state index is 9.45. The predicted molar refractivity (Wildman–Crippen MR) is 93.4 cm³/mol. The molecule has 3 rings (SSSR count). The zero-order valence-electron chi connectivity index (χ0n) is 13.8. The molecule has 0 radical (unpaired) electrons. The van der Waals surface area contributed by atoms with Crippen LogP contribution in [0.25, 0.3) is 0 Å². The van der Waals surface area contributed by atoms with Crippen molar-refractivity contribution in [3.8, 4) is 0 Å². The number of hydrogen-bond donors (Lipinski definition) is 1. The van der Waals surface area contributed by atoms with E-state index in [9.17, 15) is 5.11 Å². The van der Waals surface area contributed by atoms with Crippen LogP contribution in [0.2, 0.25) is 0 Å². The summed E-state index contributed by atoms with van der Waals surface area (Å²) in [4.78, 5) is 0. The normalized spacial score (nSPS) is 26.7. The van der Waals surface area contributed by atoms with E-state index in [4.69, 9.17) is 0 Å². The van der Waals surface area contributed by atoms with Crippen LogP contribution in [-0.2, 0) is 0 Å². The molecule has 0 aromatic heterocycles. The van der Waals surface area contributed by atoms with E-state index >= 15 is 0 Å². The van der Waals surface area contributed by atoms with Gasteiger partial charge < -0.3 is 5.11 Å². The summed E-state index contributed by atoms with van der Waals surface area (Å²) in [6.07, 6.45) is 12.8. The molecule has 22 heavy (non-hydrogen) atoms. The average molecular weight is 298 g/mol. The molecule has 1 nitrogen and oxygen atoms in total. The zero-order valence-corrected chi connectivity index (χ0v) is 13.8. The standard InChI is InChI=1S/C21H30O/c1-16(22)14-17-6-5-9-21(15-17)20-12-10-19(11-13-20)18-7-3-2-4-8-18/h10-13,17-18,21-22H,1-9,14-15H2. The van der Waals surface area contributed by atoms with Crippen LogP contribution in [0, 0.1) is 5.92 Å². The van der Waals surface area contributed by atoms with Gasteiger partial charge in [0.05, 0.1) is 5.76 Å². The molecule has 1 N–H and O–H groups in total. The average Bonchev–Trinajstić information content (AvgIpc) is 2.55. The second kappa shape index (κ2) is 7.35. The molecular formula is C21H30O. The largest absolute Gasteiger partial charge is 0.513 e. The summed E-state index contributed by atoms with van der Waals surface area (Å²) in [6.45, 7) is 3.67. The summed E-state index contributed by atoms with van der Waals surface area (Å²) < 4.78 is 0. The predicted octanol–water partition coefficient (Wildman–Crippen LogP) is 6.47. The highest BCUT2D eigenvalue weighted by molar-refractivity contribution is 5.28. The van der Waals surface area contributed by atoms with Crippen LogP contribution in [0.3, 0.4) is 0 Å². The third-order valence-electron chi connectivity index (χ3n) is 5.79. The highest BCUT2D eigenvalue weighted by Gasteiger charge is 2.24.